The summed E-state index contributed by atoms with van der Waals surface area (Å²) < 4.78 is 6.11. The number of nitrogens with zero attached hydrogens (tertiary/aromatic N) is 1. The SMILES string of the molecule is CC(C)C(NC(=O)c1ccc(Cl)c(Cl)c1)C(=O)NN=Cc1c(OCc2ccccc2)ccc2ccccc12. The van der Waals surface area contributed by atoms with Crippen LogP contribution in [0.15, 0.2) is 90.0 Å². The number of hydrogen-bond donors (Lipinski definition) is 2. The lowest BCUT2D eigenvalue weighted by atomic mass is 10.0. The molecule has 0 bridgehead atoms. The zero-order chi connectivity index (χ0) is 27.1. The van der Waals surface area contributed by atoms with Gasteiger partial charge in [-0.1, -0.05) is 97.7 Å². The Hall–Kier alpha value is -3.87. The van der Waals surface area contributed by atoms with E-state index in [-0.39, 0.29) is 10.9 Å². The lowest BCUT2D eigenvalue weighted by Crippen LogP contribution is -2.48. The first-order valence-electron chi connectivity index (χ1n) is 12.1. The van der Waals surface area contributed by atoms with Crippen molar-refractivity contribution in [2.75, 3.05) is 0 Å². The van der Waals surface area contributed by atoms with Crippen molar-refractivity contribution in [3.8, 4) is 5.75 Å². The summed E-state index contributed by atoms with van der Waals surface area (Å²) in [5.74, 6) is -0.443. The summed E-state index contributed by atoms with van der Waals surface area (Å²) in [6.45, 7) is 4.06. The number of fused-ring (bicyclic) bond motifs is 1. The Morgan fingerprint density at radius 2 is 1.66 bits per heavy atom. The van der Waals surface area contributed by atoms with E-state index in [1.165, 1.54) is 12.1 Å². The highest BCUT2D eigenvalue weighted by Crippen LogP contribution is 2.27. The topological polar surface area (TPSA) is 79.8 Å². The van der Waals surface area contributed by atoms with E-state index < -0.39 is 17.9 Å². The van der Waals surface area contributed by atoms with E-state index in [9.17, 15) is 9.59 Å². The monoisotopic (exact) mass is 547 g/mol. The molecular formula is C30H27Cl2N3O3. The highest BCUT2D eigenvalue weighted by atomic mass is 35.5. The van der Waals surface area contributed by atoms with Gasteiger partial charge in [0, 0.05) is 11.1 Å². The summed E-state index contributed by atoms with van der Waals surface area (Å²) in [6, 6.07) is 25.3. The molecule has 0 aliphatic heterocycles. The lowest BCUT2D eigenvalue weighted by Gasteiger charge is -2.20. The van der Waals surface area contributed by atoms with Crippen LogP contribution in [0.1, 0.15) is 35.3 Å². The molecule has 0 radical (unpaired) electrons. The van der Waals surface area contributed by atoms with Crippen molar-refractivity contribution < 1.29 is 14.3 Å². The van der Waals surface area contributed by atoms with Crippen LogP contribution < -0.4 is 15.5 Å². The third-order valence-corrected chi connectivity index (χ3v) is 6.69. The van der Waals surface area contributed by atoms with Gasteiger partial charge >= 0.3 is 0 Å². The van der Waals surface area contributed by atoms with Crippen LogP contribution in [-0.4, -0.2) is 24.1 Å². The molecule has 0 heterocycles. The quantitative estimate of drug-likeness (QED) is 0.182. The molecule has 0 saturated heterocycles. The van der Waals surface area contributed by atoms with Crippen molar-refractivity contribution in [1.82, 2.24) is 10.7 Å². The minimum atomic E-state index is -0.824. The van der Waals surface area contributed by atoms with Crippen molar-refractivity contribution in [2.45, 2.75) is 26.5 Å². The van der Waals surface area contributed by atoms with Crippen LogP contribution in [0.5, 0.6) is 5.75 Å². The van der Waals surface area contributed by atoms with Crippen LogP contribution in [-0.2, 0) is 11.4 Å². The molecule has 8 heteroatoms. The average molecular weight is 548 g/mol. The molecule has 4 aromatic carbocycles. The summed E-state index contributed by atoms with van der Waals surface area (Å²) in [7, 11) is 0. The summed E-state index contributed by atoms with van der Waals surface area (Å²) in [5.41, 5.74) is 4.64. The Balaban J connectivity index is 1.51. The second-order valence-corrected chi connectivity index (χ2v) is 9.85. The smallest absolute Gasteiger partial charge is 0.262 e. The molecule has 0 aromatic heterocycles. The molecule has 4 rings (SSSR count). The maximum Gasteiger partial charge on any atom is 0.262 e. The third kappa shape index (κ3) is 6.71. The largest absolute Gasteiger partial charge is 0.488 e. The number of carbonyl (C=O) groups excluding carboxylic acids is 2. The van der Waals surface area contributed by atoms with Crippen molar-refractivity contribution in [3.63, 3.8) is 0 Å². The fourth-order valence-electron chi connectivity index (χ4n) is 3.90. The Morgan fingerprint density at radius 3 is 2.39 bits per heavy atom. The number of hydrogen-bond acceptors (Lipinski definition) is 4. The minimum Gasteiger partial charge on any atom is -0.488 e. The molecule has 0 aliphatic carbocycles. The Morgan fingerprint density at radius 1 is 0.921 bits per heavy atom. The van der Waals surface area contributed by atoms with Gasteiger partial charge in [-0.25, -0.2) is 5.43 Å². The van der Waals surface area contributed by atoms with Gasteiger partial charge in [0.2, 0.25) is 0 Å². The van der Waals surface area contributed by atoms with Crippen molar-refractivity contribution in [2.24, 2.45) is 11.0 Å². The van der Waals surface area contributed by atoms with E-state index in [4.69, 9.17) is 27.9 Å². The van der Waals surface area contributed by atoms with Crippen LogP contribution in [0.2, 0.25) is 10.0 Å². The molecule has 0 saturated carbocycles. The van der Waals surface area contributed by atoms with Crippen LogP contribution >= 0.6 is 23.2 Å². The summed E-state index contributed by atoms with van der Waals surface area (Å²) >= 11 is 12.0. The Labute approximate surface area is 231 Å². The van der Waals surface area contributed by atoms with Crippen molar-refractivity contribution in [1.29, 1.82) is 0 Å². The number of carbonyl (C=O) groups is 2. The second-order valence-electron chi connectivity index (χ2n) is 9.03. The van der Waals surface area contributed by atoms with Gasteiger partial charge in [-0.2, -0.15) is 5.10 Å². The fourth-order valence-corrected chi connectivity index (χ4v) is 4.19. The molecule has 0 fully saturated rings. The summed E-state index contributed by atoms with van der Waals surface area (Å²) in [4.78, 5) is 25.8. The molecule has 2 amide bonds. The molecule has 6 nitrogen and oxygen atoms in total. The maximum atomic E-state index is 13.0. The summed E-state index contributed by atoms with van der Waals surface area (Å²) in [5, 5.41) is 9.53. The Bertz CT molecular complexity index is 1470. The number of hydrazone groups is 1. The lowest BCUT2D eigenvalue weighted by molar-refractivity contribution is -0.123. The standard InChI is InChI=1S/C30H27Cl2N3O3/c1-19(2)28(34-29(36)22-12-14-25(31)26(32)16-22)30(37)35-33-17-24-23-11-7-6-10-21(23)13-15-27(24)38-18-20-8-4-3-5-9-20/h3-17,19,28H,18H2,1-2H3,(H,34,36)(H,35,37). The van der Waals surface area contributed by atoms with Gasteiger partial charge in [-0.05, 0) is 46.5 Å². The van der Waals surface area contributed by atoms with E-state index >= 15 is 0 Å². The number of nitrogens with one attached hydrogen (secondary N) is 2. The molecule has 0 aliphatic rings. The van der Waals surface area contributed by atoms with Crippen LogP contribution in [0.25, 0.3) is 10.8 Å². The van der Waals surface area contributed by atoms with Gasteiger partial charge < -0.3 is 10.1 Å². The van der Waals surface area contributed by atoms with E-state index in [1.54, 1.807) is 12.3 Å². The number of rotatable bonds is 9. The number of benzene rings is 4. The van der Waals surface area contributed by atoms with E-state index in [0.29, 0.717) is 22.9 Å². The maximum absolute atomic E-state index is 13.0. The molecule has 194 valence electrons. The van der Waals surface area contributed by atoms with Crippen molar-refractivity contribution >= 4 is 52.0 Å². The number of amides is 2. The van der Waals surface area contributed by atoms with Gasteiger partial charge in [0.15, 0.2) is 0 Å². The predicted molar refractivity (Wildman–Crippen MR) is 153 cm³/mol. The minimum absolute atomic E-state index is 0.195. The van der Waals surface area contributed by atoms with Crippen molar-refractivity contribution in [3.05, 3.63) is 112 Å². The highest BCUT2D eigenvalue weighted by molar-refractivity contribution is 6.42. The molecular weight excluding hydrogens is 521 g/mol. The average Bonchev–Trinajstić information content (AvgIpc) is 2.92. The van der Waals surface area contributed by atoms with E-state index in [1.807, 2.05) is 80.6 Å². The van der Waals surface area contributed by atoms with E-state index in [0.717, 1.165) is 21.9 Å². The highest BCUT2D eigenvalue weighted by Gasteiger charge is 2.25. The number of ether oxygens (including phenoxy) is 1. The number of halogens is 2. The molecule has 0 spiro atoms. The zero-order valence-corrected chi connectivity index (χ0v) is 22.5. The van der Waals surface area contributed by atoms with Gasteiger partial charge in [0.05, 0.1) is 16.3 Å². The van der Waals surface area contributed by atoms with Crippen LogP contribution in [0.4, 0.5) is 0 Å². The molecule has 2 N–H and O–H groups in total. The first-order chi connectivity index (χ1) is 18.3. The Kier molecular flexibility index (Phi) is 9.00. The van der Waals surface area contributed by atoms with Gasteiger partial charge in [0.25, 0.3) is 11.8 Å². The predicted octanol–water partition coefficient (Wildman–Crippen LogP) is 6.63. The van der Waals surface area contributed by atoms with E-state index in [2.05, 4.69) is 15.8 Å². The van der Waals surface area contributed by atoms with Crippen LogP contribution in [0.3, 0.4) is 0 Å². The van der Waals surface area contributed by atoms with Gasteiger partial charge in [0.1, 0.15) is 18.4 Å². The van der Waals surface area contributed by atoms with Crippen LogP contribution in [0, 0.1) is 5.92 Å². The second kappa shape index (κ2) is 12.6. The van der Waals surface area contributed by atoms with Gasteiger partial charge in [-0.15, -0.1) is 0 Å². The first kappa shape index (κ1) is 27.2. The normalized spacial score (nSPS) is 12.0. The molecule has 4 aromatic rings. The fraction of sp³-hybridized carbons (Fsp3) is 0.167. The van der Waals surface area contributed by atoms with Gasteiger partial charge in [-0.3, -0.25) is 9.59 Å². The summed E-state index contributed by atoms with van der Waals surface area (Å²) in [6.07, 6.45) is 1.57. The first-order valence-corrected chi connectivity index (χ1v) is 12.9. The zero-order valence-electron chi connectivity index (χ0n) is 20.9. The molecule has 1 unspecified atom stereocenters. The molecule has 38 heavy (non-hydrogen) atoms. The molecule has 1 atom stereocenters. The third-order valence-electron chi connectivity index (χ3n) is 5.95.